The number of anilines is 1. The first-order valence-electron chi connectivity index (χ1n) is 11.0. The average Bonchev–Trinajstić information content (AvgIpc) is 3.10. The van der Waals surface area contributed by atoms with Gasteiger partial charge in [-0.05, 0) is 62.3 Å². The molecule has 0 aliphatic carbocycles. The quantitative estimate of drug-likeness (QED) is 0.762. The predicted molar refractivity (Wildman–Crippen MR) is 119 cm³/mol. The molecule has 1 N–H and O–H groups in total. The van der Waals surface area contributed by atoms with Crippen LogP contribution in [0.25, 0.3) is 0 Å². The van der Waals surface area contributed by atoms with Gasteiger partial charge in [0, 0.05) is 43.8 Å². The molecule has 0 spiro atoms. The van der Waals surface area contributed by atoms with Crippen molar-refractivity contribution < 1.29 is 0 Å². The Balaban J connectivity index is 1.32. The zero-order chi connectivity index (χ0) is 20.2. The maximum atomic E-state index is 4.83. The lowest BCUT2D eigenvalue weighted by molar-refractivity contribution is 0.260. The van der Waals surface area contributed by atoms with Gasteiger partial charge in [0.2, 0.25) is 0 Å². The summed E-state index contributed by atoms with van der Waals surface area (Å²) < 4.78 is 0. The van der Waals surface area contributed by atoms with Crippen molar-refractivity contribution in [1.29, 1.82) is 0 Å². The van der Waals surface area contributed by atoms with Gasteiger partial charge in [-0.25, -0.2) is 4.98 Å². The maximum absolute atomic E-state index is 4.83. The lowest BCUT2D eigenvalue weighted by atomic mass is 10.0. The van der Waals surface area contributed by atoms with Crippen molar-refractivity contribution in [3.8, 4) is 0 Å². The first-order valence-corrected chi connectivity index (χ1v) is 11.0. The number of fused-ring (bicyclic) bond motifs is 1. The van der Waals surface area contributed by atoms with E-state index < -0.39 is 0 Å². The molecule has 0 unspecified atom stereocenters. The first-order chi connectivity index (χ1) is 14.2. The molecule has 0 amide bonds. The number of aryl methyl sites for hydroxylation is 3. The monoisotopic (exact) mass is 391 g/mol. The standard InChI is InChI=1S/C24H33N5/c1-4-23(21-10-9-18(2)26-17-21)29-16-15-28(19(29)3)14-6-8-22-12-11-20-7-5-13-25-24(20)27-22/h9-12,17,23H,3-8,13-16H2,1-2H3,(H,25,27)/t23-/m0/s1. The number of hydrogen-bond acceptors (Lipinski definition) is 5. The zero-order valence-corrected chi connectivity index (χ0v) is 17.8. The van der Waals surface area contributed by atoms with Crippen LogP contribution in [0.2, 0.25) is 0 Å². The van der Waals surface area contributed by atoms with E-state index in [1.807, 2.05) is 13.1 Å². The van der Waals surface area contributed by atoms with Crippen LogP contribution in [0.1, 0.15) is 54.7 Å². The molecule has 2 aliphatic heterocycles. The summed E-state index contributed by atoms with van der Waals surface area (Å²) in [4.78, 5) is 14.2. The first kappa shape index (κ1) is 19.7. The minimum absolute atomic E-state index is 0.356. The number of rotatable bonds is 7. The Morgan fingerprint density at radius 2 is 2.10 bits per heavy atom. The fraction of sp³-hybridized carbons (Fsp3) is 0.500. The van der Waals surface area contributed by atoms with E-state index in [1.54, 1.807) is 0 Å². The van der Waals surface area contributed by atoms with E-state index in [4.69, 9.17) is 4.98 Å². The second-order valence-electron chi connectivity index (χ2n) is 8.20. The number of hydrogen-bond donors (Lipinski definition) is 1. The lowest BCUT2D eigenvalue weighted by Crippen LogP contribution is -2.27. The van der Waals surface area contributed by atoms with Crippen LogP contribution < -0.4 is 5.32 Å². The second-order valence-corrected chi connectivity index (χ2v) is 8.20. The summed E-state index contributed by atoms with van der Waals surface area (Å²) in [7, 11) is 0. The van der Waals surface area contributed by atoms with Gasteiger partial charge in [-0.1, -0.05) is 25.6 Å². The summed E-state index contributed by atoms with van der Waals surface area (Å²) in [6.45, 7) is 12.9. The highest BCUT2D eigenvalue weighted by Crippen LogP contribution is 2.31. The summed E-state index contributed by atoms with van der Waals surface area (Å²) in [5.74, 6) is 2.25. The molecule has 0 aromatic carbocycles. The van der Waals surface area contributed by atoms with E-state index in [0.717, 1.165) is 69.2 Å². The molecule has 0 radical (unpaired) electrons. The minimum atomic E-state index is 0.356. The van der Waals surface area contributed by atoms with Crippen molar-refractivity contribution in [3.63, 3.8) is 0 Å². The highest BCUT2D eigenvalue weighted by Gasteiger charge is 2.29. The van der Waals surface area contributed by atoms with Gasteiger partial charge in [0.05, 0.1) is 11.9 Å². The largest absolute Gasteiger partial charge is 0.370 e. The molecular weight excluding hydrogens is 358 g/mol. The molecule has 5 heteroatoms. The molecule has 2 aliphatic rings. The molecule has 4 rings (SSSR count). The van der Waals surface area contributed by atoms with Gasteiger partial charge >= 0.3 is 0 Å². The third-order valence-electron chi connectivity index (χ3n) is 6.20. The molecule has 0 saturated carbocycles. The Hall–Kier alpha value is -2.56. The molecule has 29 heavy (non-hydrogen) atoms. The molecule has 5 nitrogen and oxygen atoms in total. The van der Waals surface area contributed by atoms with Gasteiger partial charge in [-0.2, -0.15) is 0 Å². The van der Waals surface area contributed by atoms with Gasteiger partial charge in [-0.15, -0.1) is 0 Å². The number of nitrogens with one attached hydrogen (secondary N) is 1. The highest BCUT2D eigenvalue weighted by molar-refractivity contribution is 5.47. The van der Waals surface area contributed by atoms with E-state index in [2.05, 4.69) is 57.9 Å². The van der Waals surface area contributed by atoms with Crippen molar-refractivity contribution in [2.45, 2.75) is 52.0 Å². The summed E-state index contributed by atoms with van der Waals surface area (Å²) in [5, 5.41) is 3.44. The highest BCUT2D eigenvalue weighted by atomic mass is 15.4. The summed E-state index contributed by atoms with van der Waals surface area (Å²) in [6.07, 6.45) is 7.55. The van der Waals surface area contributed by atoms with Gasteiger partial charge in [0.25, 0.3) is 0 Å². The lowest BCUT2D eigenvalue weighted by Gasteiger charge is -2.31. The smallest absolute Gasteiger partial charge is 0.129 e. The zero-order valence-electron chi connectivity index (χ0n) is 17.8. The molecule has 2 aromatic heterocycles. The average molecular weight is 392 g/mol. The second kappa shape index (κ2) is 8.85. The van der Waals surface area contributed by atoms with Crippen molar-refractivity contribution in [3.05, 3.63) is 65.4 Å². The van der Waals surface area contributed by atoms with Crippen LogP contribution in [0.3, 0.4) is 0 Å². The Bertz CT molecular complexity index is 845. The topological polar surface area (TPSA) is 44.3 Å². The van der Waals surface area contributed by atoms with Crippen LogP contribution in [-0.2, 0) is 12.8 Å². The van der Waals surface area contributed by atoms with E-state index in [1.165, 1.54) is 23.2 Å². The number of aromatic nitrogens is 2. The summed E-state index contributed by atoms with van der Waals surface area (Å²) in [6, 6.07) is 9.13. The fourth-order valence-electron chi connectivity index (χ4n) is 4.52. The number of nitrogens with zero attached hydrogens (tertiary/aromatic N) is 4. The fourth-order valence-corrected chi connectivity index (χ4v) is 4.52. The minimum Gasteiger partial charge on any atom is -0.370 e. The molecule has 1 fully saturated rings. The van der Waals surface area contributed by atoms with Gasteiger partial charge in [0.15, 0.2) is 0 Å². The van der Waals surface area contributed by atoms with Crippen molar-refractivity contribution in [2.24, 2.45) is 0 Å². The van der Waals surface area contributed by atoms with E-state index in [-0.39, 0.29) is 0 Å². The molecule has 154 valence electrons. The SMILES string of the molecule is C=C1N(CCCc2ccc3c(n2)NCCC3)CCN1[C@@H](CC)c1ccc(C)nc1. The Morgan fingerprint density at radius 3 is 2.90 bits per heavy atom. The predicted octanol–water partition coefficient (Wildman–Crippen LogP) is 4.32. The Labute approximate surface area is 174 Å². The van der Waals surface area contributed by atoms with Crippen molar-refractivity contribution >= 4 is 5.82 Å². The third-order valence-corrected chi connectivity index (χ3v) is 6.20. The van der Waals surface area contributed by atoms with Crippen molar-refractivity contribution in [1.82, 2.24) is 19.8 Å². The van der Waals surface area contributed by atoms with Crippen LogP contribution in [0.5, 0.6) is 0 Å². The molecule has 4 heterocycles. The van der Waals surface area contributed by atoms with E-state index in [0.29, 0.717) is 6.04 Å². The maximum Gasteiger partial charge on any atom is 0.129 e. The molecule has 2 aromatic rings. The van der Waals surface area contributed by atoms with Crippen molar-refractivity contribution in [2.75, 3.05) is 31.5 Å². The van der Waals surface area contributed by atoms with E-state index >= 15 is 0 Å². The molecule has 1 saturated heterocycles. The summed E-state index contributed by atoms with van der Waals surface area (Å²) in [5.41, 5.74) is 4.90. The molecule has 1 atom stereocenters. The van der Waals surface area contributed by atoms with Crippen LogP contribution in [0.15, 0.2) is 42.9 Å². The van der Waals surface area contributed by atoms with Crippen LogP contribution >= 0.6 is 0 Å². The normalized spacial score (nSPS) is 17.2. The Kier molecular flexibility index (Phi) is 6.02. The number of pyridine rings is 2. The van der Waals surface area contributed by atoms with Crippen LogP contribution in [-0.4, -0.2) is 45.9 Å². The Morgan fingerprint density at radius 1 is 1.21 bits per heavy atom. The van der Waals surface area contributed by atoms with Crippen LogP contribution in [0, 0.1) is 6.92 Å². The molecular formula is C24H33N5. The van der Waals surface area contributed by atoms with Gasteiger partial charge in [0.1, 0.15) is 5.82 Å². The van der Waals surface area contributed by atoms with Gasteiger partial charge in [-0.3, -0.25) is 4.98 Å². The third kappa shape index (κ3) is 4.39. The summed E-state index contributed by atoms with van der Waals surface area (Å²) >= 11 is 0. The van der Waals surface area contributed by atoms with Gasteiger partial charge < -0.3 is 15.1 Å². The van der Waals surface area contributed by atoms with Crippen LogP contribution in [0.4, 0.5) is 5.82 Å². The molecule has 0 bridgehead atoms. The van der Waals surface area contributed by atoms with E-state index in [9.17, 15) is 0 Å².